The highest BCUT2D eigenvalue weighted by Crippen LogP contribution is 2.37. The van der Waals surface area contributed by atoms with Crippen molar-refractivity contribution in [1.82, 2.24) is 4.98 Å². The summed E-state index contributed by atoms with van der Waals surface area (Å²) < 4.78 is 50.3. The van der Waals surface area contributed by atoms with E-state index >= 15 is 0 Å². The molecule has 0 fully saturated rings. The Kier molecular flexibility index (Phi) is 8.92. The van der Waals surface area contributed by atoms with Gasteiger partial charge in [-0.3, -0.25) is 0 Å². The number of carbonyl (C=O) groups is 1. The predicted molar refractivity (Wildman–Crippen MR) is 133 cm³/mol. The Bertz CT molecular complexity index is 1200. The summed E-state index contributed by atoms with van der Waals surface area (Å²) in [6.45, 7) is 9.61. The maximum atomic E-state index is 12.9. The lowest BCUT2D eigenvalue weighted by Crippen LogP contribution is -2.26. The van der Waals surface area contributed by atoms with E-state index < -0.39 is 23.8 Å². The summed E-state index contributed by atoms with van der Waals surface area (Å²) in [6, 6.07) is 10.4. The van der Waals surface area contributed by atoms with Gasteiger partial charge in [0.15, 0.2) is 6.10 Å². The van der Waals surface area contributed by atoms with Gasteiger partial charge in [-0.15, -0.1) is 17.9 Å². The minimum Gasteiger partial charge on any atom is -0.484 e. The van der Waals surface area contributed by atoms with Gasteiger partial charge in [-0.2, -0.15) is 13.2 Å². The van der Waals surface area contributed by atoms with Gasteiger partial charge in [0, 0.05) is 25.0 Å². The van der Waals surface area contributed by atoms with E-state index in [0.29, 0.717) is 29.3 Å². The van der Waals surface area contributed by atoms with E-state index in [-0.39, 0.29) is 12.5 Å². The third kappa shape index (κ3) is 6.73. The lowest BCUT2D eigenvalue weighted by Gasteiger charge is -2.19. The van der Waals surface area contributed by atoms with Crippen LogP contribution in [0.3, 0.4) is 0 Å². The Balaban J connectivity index is 1.82. The molecule has 1 heterocycles. The van der Waals surface area contributed by atoms with E-state index in [0.717, 1.165) is 33.8 Å². The van der Waals surface area contributed by atoms with Gasteiger partial charge in [0.2, 0.25) is 0 Å². The van der Waals surface area contributed by atoms with Gasteiger partial charge in [-0.25, -0.2) is 9.78 Å². The first-order valence-electron chi connectivity index (χ1n) is 11.4. The molecule has 3 rings (SSSR count). The predicted octanol–water partition coefficient (Wildman–Crippen LogP) is 7.17. The summed E-state index contributed by atoms with van der Waals surface area (Å²) in [5.74, 6) is -0.401. The van der Waals surface area contributed by atoms with E-state index in [2.05, 4.69) is 11.6 Å². The number of hydrogen-bond acceptors (Lipinski definition) is 5. The molecule has 0 aliphatic rings. The van der Waals surface area contributed by atoms with Crippen molar-refractivity contribution >= 4 is 17.3 Å². The average molecular weight is 520 g/mol. The summed E-state index contributed by atoms with van der Waals surface area (Å²) in [5, 5.41) is 9.97. The zero-order valence-electron chi connectivity index (χ0n) is 20.3. The first kappa shape index (κ1) is 27.4. The first-order chi connectivity index (χ1) is 17.0. The summed E-state index contributed by atoms with van der Waals surface area (Å²) in [7, 11) is 0. The Morgan fingerprint density at radius 1 is 1.19 bits per heavy atom. The largest absolute Gasteiger partial charge is 0.484 e. The van der Waals surface area contributed by atoms with E-state index in [9.17, 15) is 23.1 Å². The minimum atomic E-state index is -4.39. The highest BCUT2D eigenvalue weighted by atomic mass is 32.1. The van der Waals surface area contributed by atoms with Gasteiger partial charge >= 0.3 is 12.1 Å². The maximum absolute atomic E-state index is 12.9. The zero-order chi connectivity index (χ0) is 26.5. The molecule has 0 amide bonds. The molecule has 0 spiro atoms. The number of halogens is 3. The Morgan fingerprint density at radius 2 is 1.89 bits per heavy atom. The van der Waals surface area contributed by atoms with Crippen LogP contribution >= 0.6 is 11.3 Å². The van der Waals surface area contributed by atoms with E-state index in [1.165, 1.54) is 23.5 Å². The molecular formula is C27H28F3NO4S. The molecule has 36 heavy (non-hydrogen) atoms. The molecule has 2 unspecified atom stereocenters. The van der Waals surface area contributed by atoms with Crippen molar-refractivity contribution in [2.45, 2.75) is 52.0 Å². The van der Waals surface area contributed by atoms with Crippen LogP contribution in [-0.4, -0.2) is 28.8 Å². The van der Waals surface area contributed by atoms with Crippen LogP contribution in [0.5, 0.6) is 5.75 Å². The number of nitrogens with zero attached hydrogens (tertiary/aromatic N) is 1. The second-order valence-corrected chi connectivity index (χ2v) is 9.28. The molecule has 192 valence electrons. The van der Waals surface area contributed by atoms with Gasteiger partial charge in [0.05, 0.1) is 16.1 Å². The zero-order valence-corrected chi connectivity index (χ0v) is 21.1. The van der Waals surface area contributed by atoms with Crippen LogP contribution in [0.1, 0.15) is 46.7 Å². The topological polar surface area (TPSA) is 68.7 Å². The highest BCUT2D eigenvalue weighted by molar-refractivity contribution is 7.15. The van der Waals surface area contributed by atoms with Crippen LogP contribution in [0.15, 0.2) is 55.1 Å². The smallest absolute Gasteiger partial charge is 0.416 e. The molecule has 2 atom stereocenters. The van der Waals surface area contributed by atoms with Gasteiger partial charge < -0.3 is 14.6 Å². The van der Waals surface area contributed by atoms with Crippen LogP contribution in [0.2, 0.25) is 0 Å². The van der Waals surface area contributed by atoms with Crippen molar-refractivity contribution in [1.29, 1.82) is 0 Å². The summed E-state index contributed by atoms with van der Waals surface area (Å²) in [5.41, 5.74) is 2.35. The van der Waals surface area contributed by atoms with Crippen LogP contribution in [0.25, 0.3) is 10.6 Å². The van der Waals surface area contributed by atoms with Gasteiger partial charge in [-0.05, 0) is 56.2 Å². The number of thiazole rings is 1. The molecule has 3 aromatic rings. The standard InChI is InChI=1S/C27H28F3NO4S/c1-5-7-22(35-21-13-10-19(16(3)14-21)15-23(26(32)33)34-6-2)24-17(4)31-25(36-24)18-8-11-20(12-9-18)27(28,29)30/h5,8-14,22-23H,1,6-7,15H2,2-4H3,(H,32,33). The van der Waals surface area contributed by atoms with Crippen molar-refractivity contribution < 1.29 is 32.5 Å². The van der Waals surface area contributed by atoms with Gasteiger partial charge in [0.1, 0.15) is 16.9 Å². The van der Waals surface area contributed by atoms with Crippen molar-refractivity contribution in [3.8, 4) is 16.3 Å². The van der Waals surface area contributed by atoms with Crippen LogP contribution < -0.4 is 4.74 Å². The second kappa shape index (κ2) is 11.7. The number of hydrogen-bond donors (Lipinski definition) is 1. The number of aromatic nitrogens is 1. The molecule has 0 aliphatic heterocycles. The molecule has 9 heteroatoms. The second-order valence-electron chi connectivity index (χ2n) is 8.25. The number of aryl methyl sites for hydroxylation is 2. The van der Waals surface area contributed by atoms with E-state index in [4.69, 9.17) is 9.47 Å². The fourth-order valence-electron chi connectivity index (χ4n) is 3.75. The van der Waals surface area contributed by atoms with Crippen molar-refractivity contribution in [2.75, 3.05) is 6.61 Å². The SMILES string of the molecule is C=CCC(Oc1ccc(CC(OCC)C(=O)O)c(C)c1)c1sc(-c2ccc(C(F)(F)F)cc2)nc1C. The fraction of sp³-hybridized carbons (Fsp3) is 0.333. The molecule has 1 aromatic heterocycles. The quantitative estimate of drug-likeness (QED) is 0.272. The lowest BCUT2D eigenvalue weighted by atomic mass is 10.0. The Hall–Kier alpha value is -3.17. The monoisotopic (exact) mass is 519 g/mol. The number of carboxylic acid groups (broad SMARTS) is 1. The molecule has 0 radical (unpaired) electrons. The number of carboxylic acids is 1. The normalized spacial score (nSPS) is 13.3. The number of benzene rings is 2. The third-order valence-corrected chi connectivity index (χ3v) is 6.90. The Labute approximate surface area is 212 Å². The lowest BCUT2D eigenvalue weighted by molar-refractivity contribution is -0.150. The summed E-state index contributed by atoms with van der Waals surface area (Å²) in [6.07, 6.45) is -3.21. The first-order valence-corrected chi connectivity index (χ1v) is 12.2. The van der Waals surface area contributed by atoms with Crippen LogP contribution in [-0.2, 0) is 22.1 Å². The number of alkyl halides is 3. The molecule has 0 aliphatic carbocycles. The summed E-state index contributed by atoms with van der Waals surface area (Å²) in [4.78, 5) is 16.9. The number of ether oxygens (including phenoxy) is 2. The average Bonchev–Trinajstić information content (AvgIpc) is 3.21. The van der Waals surface area contributed by atoms with Gasteiger partial charge in [-0.1, -0.05) is 24.3 Å². The molecule has 0 saturated heterocycles. The molecule has 0 saturated carbocycles. The van der Waals surface area contributed by atoms with Crippen molar-refractivity contribution in [2.24, 2.45) is 0 Å². The minimum absolute atomic E-state index is 0.246. The molecule has 5 nitrogen and oxygen atoms in total. The van der Waals surface area contributed by atoms with Crippen LogP contribution in [0.4, 0.5) is 13.2 Å². The Morgan fingerprint density at radius 3 is 2.44 bits per heavy atom. The van der Waals surface area contributed by atoms with E-state index in [1.807, 2.05) is 26.0 Å². The molecule has 2 aromatic carbocycles. The van der Waals surface area contributed by atoms with Crippen LogP contribution in [0, 0.1) is 13.8 Å². The number of rotatable bonds is 11. The summed E-state index contributed by atoms with van der Waals surface area (Å²) >= 11 is 1.37. The fourth-order valence-corrected chi connectivity index (χ4v) is 4.86. The van der Waals surface area contributed by atoms with Crippen molar-refractivity contribution in [3.63, 3.8) is 0 Å². The van der Waals surface area contributed by atoms with E-state index in [1.54, 1.807) is 19.1 Å². The third-order valence-electron chi connectivity index (χ3n) is 5.61. The number of aliphatic carboxylic acids is 1. The molecule has 1 N–H and O–H groups in total. The maximum Gasteiger partial charge on any atom is 0.416 e. The molecule has 0 bridgehead atoms. The molecular weight excluding hydrogens is 491 g/mol. The highest BCUT2D eigenvalue weighted by Gasteiger charge is 2.30. The van der Waals surface area contributed by atoms with Crippen molar-refractivity contribution in [3.05, 3.63) is 82.4 Å². The van der Waals surface area contributed by atoms with Gasteiger partial charge in [0.25, 0.3) is 0 Å².